The summed E-state index contributed by atoms with van der Waals surface area (Å²) in [6.07, 6.45) is 4.67. The van der Waals surface area contributed by atoms with Crippen LogP contribution in [0.1, 0.15) is 24.8 Å². The molecule has 2 N–H and O–H groups in total. The Morgan fingerprint density at radius 3 is 2.89 bits per heavy atom. The number of nitrogens with two attached hydrogens (primary N) is 1. The van der Waals surface area contributed by atoms with Crippen LogP contribution in [0.2, 0.25) is 0 Å². The van der Waals surface area contributed by atoms with Gasteiger partial charge in [-0.25, -0.2) is 4.39 Å². The van der Waals surface area contributed by atoms with Crippen molar-refractivity contribution in [3.63, 3.8) is 0 Å². The van der Waals surface area contributed by atoms with Crippen molar-refractivity contribution in [3.05, 3.63) is 34.1 Å². The van der Waals surface area contributed by atoms with E-state index in [9.17, 15) is 4.39 Å². The highest BCUT2D eigenvalue weighted by molar-refractivity contribution is 9.10. The van der Waals surface area contributed by atoms with Gasteiger partial charge < -0.3 is 10.5 Å². The summed E-state index contributed by atoms with van der Waals surface area (Å²) in [4.78, 5) is 0. The lowest BCUT2D eigenvalue weighted by Crippen LogP contribution is -2.41. The number of hydrogen-bond donors (Lipinski definition) is 1. The fourth-order valence-corrected chi connectivity index (χ4v) is 3.81. The standard InChI is InChI=1S/C14H17BrFNO/c15-12-3-1-10(16)5-9(12)6-14(8-17)7-11-2-4-13(14)18-11/h1,3,5,11,13H,2,4,6-8,17H2. The molecule has 2 bridgehead atoms. The molecule has 0 saturated carbocycles. The fourth-order valence-electron chi connectivity index (χ4n) is 3.42. The van der Waals surface area contributed by atoms with Gasteiger partial charge >= 0.3 is 0 Å². The number of ether oxygens (including phenoxy) is 1. The molecule has 3 rings (SSSR count). The molecule has 0 amide bonds. The van der Waals surface area contributed by atoms with Crippen molar-refractivity contribution in [2.75, 3.05) is 6.54 Å². The van der Waals surface area contributed by atoms with E-state index in [1.54, 1.807) is 12.1 Å². The van der Waals surface area contributed by atoms with E-state index in [1.807, 2.05) is 0 Å². The normalized spacial score (nSPS) is 34.2. The first-order chi connectivity index (χ1) is 8.63. The van der Waals surface area contributed by atoms with E-state index in [0.717, 1.165) is 35.7 Å². The largest absolute Gasteiger partial charge is 0.374 e. The van der Waals surface area contributed by atoms with Crippen LogP contribution in [0, 0.1) is 11.2 Å². The molecule has 0 aliphatic carbocycles. The second-order valence-electron chi connectivity index (χ2n) is 5.51. The Hall–Kier alpha value is -0.450. The van der Waals surface area contributed by atoms with Crippen LogP contribution in [-0.2, 0) is 11.2 Å². The zero-order chi connectivity index (χ0) is 12.8. The van der Waals surface area contributed by atoms with Crippen LogP contribution in [0.3, 0.4) is 0 Å². The highest BCUT2D eigenvalue weighted by atomic mass is 79.9. The van der Waals surface area contributed by atoms with Crippen molar-refractivity contribution in [1.82, 2.24) is 0 Å². The monoisotopic (exact) mass is 313 g/mol. The molecule has 2 fully saturated rings. The van der Waals surface area contributed by atoms with Crippen LogP contribution in [-0.4, -0.2) is 18.8 Å². The summed E-state index contributed by atoms with van der Waals surface area (Å²) in [5.41, 5.74) is 7.00. The molecule has 0 spiro atoms. The Labute approximate surface area is 115 Å². The molecule has 2 aliphatic rings. The third kappa shape index (κ3) is 2.00. The van der Waals surface area contributed by atoms with Crippen molar-refractivity contribution < 1.29 is 9.13 Å². The highest BCUT2D eigenvalue weighted by Crippen LogP contribution is 2.49. The molecule has 0 radical (unpaired) electrons. The van der Waals surface area contributed by atoms with Gasteiger partial charge in [-0.2, -0.15) is 0 Å². The SMILES string of the molecule is NCC1(Cc2cc(F)ccc2Br)CC2CCC1O2. The second kappa shape index (κ2) is 4.58. The van der Waals surface area contributed by atoms with Gasteiger partial charge in [0.25, 0.3) is 0 Å². The quantitative estimate of drug-likeness (QED) is 0.931. The van der Waals surface area contributed by atoms with Crippen molar-refractivity contribution in [1.29, 1.82) is 0 Å². The van der Waals surface area contributed by atoms with Gasteiger partial charge in [-0.3, -0.25) is 0 Å². The van der Waals surface area contributed by atoms with E-state index >= 15 is 0 Å². The molecule has 3 unspecified atom stereocenters. The maximum Gasteiger partial charge on any atom is 0.123 e. The van der Waals surface area contributed by atoms with Crippen LogP contribution in [0.4, 0.5) is 4.39 Å². The van der Waals surface area contributed by atoms with Gasteiger partial charge in [-0.1, -0.05) is 15.9 Å². The minimum Gasteiger partial charge on any atom is -0.374 e. The Morgan fingerprint density at radius 2 is 2.28 bits per heavy atom. The Kier molecular flexibility index (Phi) is 3.20. The average molecular weight is 314 g/mol. The van der Waals surface area contributed by atoms with Crippen LogP contribution >= 0.6 is 15.9 Å². The molecule has 3 atom stereocenters. The molecule has 4 heteroatoms. The summed E-state index contributed by atoms with van der Waals surface area (Å²) in [6.45, 7) is 0.608. The molecule has 98 valence electrons. The number of fused-ring (bicyclic) bond motifs is 2. The van der Waals surface area contributed by atoms with E-state index in [1.165, 1.54) is 6.07 Å². The third-order valence-electron chi connectivity index (χ3n) is 4.38. The molecule has 2 nitrogen and oxygen atoms in total. The van der Waals surface area contributed by atoms with Crippen LogP contribution < -0.4 is 5.73 Å². The van der Waals surface area contributed by atoms with Crippen LogP contribution in [0.25, 0.3) is 0 Å². The molecule has 18 heavy (non-hydrogen) atoms. The van der Waals surface area contributed by atoms with Gasteiger partial charge in [0.05, 0.1) is 12.2 Å². The molecular weight excluding hydrogens is 297 g/mol. The smallest absolute Gasteiger partial charge is 0.123 e. The van der Waals surface area contributed by atoms with Crippen molar-refractivity contribution >= 4 is 15.9 Å². The Morgan fingerprint density at radius 1 is 1.44 bits per heavy atom. The summed E-state index contributed by atoms with van der Waals surface area (Å²) >= 11 is 3.50. The molecule has 1 aromatic rings. The third-order valence-corrected chi connectivity index (χ3v) is 5.16. The minimum atomic E-state index is -0.190. The van der Waals surface area contributed by atoms with Gasteiger partial charge in [-0.05, 0) is 49.4 Å². The maximum absolute atomic E-state index is 13.4. The number of rotatable bonds is 3. The van der Waals surface area contributed by atoms with Crippen molar-refractivity contribution in [2.45, 2.75) is 37.9 Å². The number of halogens is 2. The number of benzene rings is 1. The second-order valence-corrected chi connectivity index (χ2v) is 6.36. The van der Waals surface area contributed by atoms with Gasteiger partial charge in [0, 0.05) is 16.4 Å². The minimum absolute atomic E-state index is 0.000764. The summed E-state index contributed by atoms with van der Waals surface area (Å²) in [7, 11) is 0. The van der Waals surface area contributed by atoms with E-state index in [4.69, 9.17) is 10.5 Å². The summed E-state index contributed by atoms with van der Waals surface area (Å²) in [6, 6.07) is 4.84. The van der Waals surface area contributed by atoms with Gasteiger partial charge in [0.2, 0.25) is 0 Å². The highest BCUT2D eigenvalue weighted by Gasteiger charge is 2.51. The van der Waals surface area contributed by atoms with E-state index in [0.29, 0.717) is 12.6 Å². The summed E-state index contributed by atoms with van der Waals surface area (Å²) in [5, 5.41) is 0. The predicted octanol–water partition coefficient (Wildman–Crippen LogP) is 3.03. The lowest BCUT2D eigenvalue weighted by molar-refractivity contribution is 0.0635. The molecule has 1 aromatic carbocycles. The fraction of sp³-hybridized carbons (Fsp3) is 0.571. The van der Waals surface area contributed by atoms with E-state index in [2.05, 4.69) is 15.9 Å². The topological polar surface area (TPSA) is 35.2 Å². The Bertz CT molecular complexity index is 467. The van der Waals surface area contributed by atoms with Gasteiger partial charge in [-0.15, -0.1) is 0 Å². The van der Waals surface area contributed by atoms with Crippen molar-refractivity contribution in [3.8, 4) is 0 Å². The molecule has 0 aromatic heterocycles. The van der Waals surface area contributed by atoms with E-state index in [-0.39, 0.29) is 17.3 Å². The lowest BCUT2D eigenvalue weighted by atomic mass is 9.70. The molecule has 2 heterocycles. The first-order valence-electron chi connectivity index (χ1n) is 6.42. The van der Waals surface area contributed by atoms with Crippen molar-refractivity contribution in [2.24, 2.45) is 11.1 Å². The summed E-state index contributed by atoms with van der Waals surface area (Å²) < 4.78 is 20.2. The zero-order valence-electron chi connectivity index (χ0n) is 10.2. The van der Waals surface area contributed by atoms with Crippen LogP contribution in [0.5, 0.6) is 0 Å². The zero-order valence-corrected chi connectivity index (χ0v) is 11.7. The summed E-state index contributed by atoms with van der Waals surface area (Å²) in [5.74, 6) is -0.190. The van der Waals surface area contributed by atoms with E-state index < -0.39 is 0 Å². The molecule has 2 aliphatic heterocycles. The lowest BCUT2D eigenvalue weighted by Gasteiger charge is -2.34. The first kappa shape index (κ1) is 12.6. The van der Waals surface area contributed by atoms with Crippen LogP contribution in [0.15, 0.2) is 22.7 Å². The van der Waals surface area contributed by atoms with Gasteiger partial charge in [0.1, 0.15) is 5.82 Å². The first-order valence-corrected chi connectivity index (χ1v) is 7.22. The maximum atomic E-state index is 13.4. The number of hydrogen-bond acceptors (Lipinski definition) is 2. The average Bonchev–Trinajstić information content (AvgIpc) is 2.94. The Balaban J connectivity index is 1.88. The predicted molar refractivity (Wildman–Crippen MR) is 71.8 cm³/mol. The molecule has 2 saturated heterocycles. The van der Waals surface area contributed by atoms with Gasteiger partial charge in [0.15, 0.2) is 0 Å². The molecular formula is C14H17BrFNO.